The van der Waals surface area contributed by atoms with Gasteiger partial charge in [0.05, 0.1) is 35.5 Å². The number of rotatable bonds is 7. The monoisotopic (exact) mass is 578 g/mol. The van der Waals surface area contributed by atoms with Crippen molar-refractivity contribution >= 4 is 60.1 Å². The second-order valence-corrected chi connectivity index (χ2v) is 10.3. The van der Waals surface area contributed by atoms with Crippen molar-refractivity contribution < 1.29 is 24.2 Å². The lowest BCUT2D eigenvalue weighted by molar-refractivity contribution is -0.132. The van der Waals surface area contributed by atoms with E-state index in [-0.39, 0.29) is 11.3 Å². The van der Waals surface area contributed by atoms with Crippen LogP contribution in [0.15, 0.2) is 76.8 Å². The molecular weight excluding hydrogens is 556 g/mol. The average molecular weight is 579 g/mol. The first-order valence-corrected chi connectivity index (χ1v) is 13.3. The van der Waals surface area contributed by atoms with Crippen molar-refractivity contribution in [3.8, 4) is 11.5 Å². The molecule has 1 unspecified atom stereocenters. The van der Waals surface area contributed by atoms with E-state index in [0.29, 0.717) is 39.9 Å². The Labute approximate surface area is 226 Å². The highest BCUT2D eigenvalue weighted by Gasteiger charge is 2.48. The molecule has 0 saturated carbocycles. The van der Waals surface area contributed by atoms with Gasteiger partial charge in [-0.05, 0) is 66.6 Å². The standard InChI is InChI=1S/C28H23BrN2O5S/c1-3-14-36-19-10-6-17(7-11-19)25(32)23-24(16-4-8-18(29)9-5-16)31(27(34)26(23)33)28-30-21-13-12-20(35-2)15-22(21)37-28/h4-13,15,24,32H,3,14H2,1-2H3/b25-23+. The van der Waals surface area contributed by atoms with Crippen molar-refractivity contribution in [1.82, 2.24) is 4.98 Å². The number of Topliss-reactive ketones (excluding diaryl/α,β-unsaturated/α-hetero) is 1. The molecule has 1 aliphatic rings. The number of aliphatic hydroxyl groups excluding tert-OH is 1. The Morgan fingerprint density at radius 2 is 1.76 bits per heavy atom. The lowest BCUT2D eigenvalue weighted by Gasteiger charge is -2.23. The summed E-state index contributed by atoms with van der Waals surface area (Å²) in [4.78, 5) is 32.8. The fourth-order valence-electron chi connectivity index (χ4n) is 4.20. The molecule has 1 aliphatic heterocycles. The van der Waals surface area contributed by atoms with Gasteiger partial charge in [-0.25, -0.2) is 4.98 Å². The minimum Gasteiger partial charge on any atom is -0.507 e. The third-order valence-corrected chi connectivity index (χ3v) is 7.57. The van der Waals surface area contributed by atoms with E-state index in [2.05, 4.69) is 20.9 Å². The van der Waals surface area contributed by atoms with Crippen molar-refractivity contribution in [1.29, 1.82) is 0 Å². The maximum atomic E-state index is 13.4. The van der Waals surface area contributed by atoms with Gasteiger partial charge in [-0.3, -0.25) is 14.5 Å². The minimum absolute atomic E-state index is 0.00591. The molecule has 1 amide bonds. The average Bonchev–Trinajstić information content (AvgIpc) is 3.45. The summed E-state index contributed by atoms with van der Waals surface area (Å²) in [6, 6.07) is 18.7. The van der Waals surface area contributed by atoms with Gasteiger partial charge < -0.3 is 14.6 Å². The molecule has 0 aliphatic carbocycles. The first-order valence-electron chi connectivity index (χ1n) is 11.7. The fraction of sp³-hybridized carbons (Fsp3) is 0.179. The van der Waals surface area contributed by atoms with Crippen molar-refractivity contribution in [3.05, 3.63) is 87.9 Å². The van der Waals surface area contributed by atoms with Crippen LogP contribution in [0, 0.1) is 0 Å². The second-order valence-electron chi connectivity index (χ2n) is 8.42. The van der Waals surface area contributed by atoms with E-state index in [1.807, 2.05) is 43.3 Å². The van der Waals surface area contributed by atoms with Gasteiger partial charge in [0.15, 0.2) is 5.13 Å². The Morgan fingerprint density at radius 3 is 2.43 bits per heavy atom. The molecule has 2 heterocycles. The summed E-state index contributed by atoms with van der Waals surface area (Å²) in [6.45, 7) is 2.59. The third kappa shape index (κ3) is 4.72. The Kier molecular flexibility index (Phi) is 6.99. The zero-order valence-corrected chi connectivity index (χ0v) is 22.5. The van der Waals surface area contributed by atoms with E-state index < -0.39 is 17.7 Å². The number of benzene rings is 3. The van der Waals surface area contributed by atoms with E-state index in [1.165, 1.54) is 16.2 Å². The number of carbonyl (C=O) groups is 2. The number of methoxy groups -OCH3 is 1. The predicted octanol–water partition coefficient (Wildman–Crippen LogP) is 6.48. The van der Waals surface area contributed by atoms with E-state index >= 15 is 0 Å². The van der Waals surface area contributed by atoms with Gasteiger partial charge in [0.25, 0.3) is 5.78 Å². The van der Waals surface area contributed by atoms with Crippen LogP contribution in [0.25, 0.3) is 16.0 Å². The summed E-state index contributed by atoms with van der Waals surface area (Å²) >= 11 is 4.72. The fourth-order valence-corrected chi connectivity index (χ4v) is 5.48. The number of hydrogen-bond donors (Lipinski definition) is 1. The second kappa shape index (κ2) is 10.4. The van der Waals surface area contributed by atoms with Crippen molar-refractivity contribution in [2.75, 3.05) is 18.6 Å². The zero-order chi connectivity index (χ0) is 26.1. The number of anilines is 1. The Hall–Kier alpha value is -3.69. The smallest absolute Gasteiger partial charge is 0.301 e. The normalized spacial score (nSPS) is 16.9. The van der Waals surface area contributed by atoms with Crippen molar-refractivity contribution in [2.45, 2.75) is 19.4 Å². The molecule has 3 aromatic carbocycles. The number of nitrogens with zero attached hydrogens (tertiary/aromatic N) is 2. The molecule has 1 N–H and O–H groups in total. The summed E-state index contributed by atoms with van der Waals surface area (Å²) in [6.07, 6.45) is 0.872. The number of thiazole rings is 1. The lowest BCUT2D eigenvalue weighted by atomic mass is 9.95. The molecule has 0 spiro atoms. The Morgan fingerprint density at radius 1 is 1.05 bits per heavy atom. The predicted molar refractivity (Wildman–Crippen MR) is 147 cm³/mol. The summed E-state index contributed by atoms with van der Waals surface area (Å²) in [5.41, 5.74) is 1.77. The van der Waals surface area contributed by atoms with E-state index in [0.717, 1.165) is 15.6 Å². The van der Waals surface area contributed by atoms with Gasteiger partial charge in [0, 0.05) is 10.0 Å². The van der Waals surface area contributed by atoms with Crippen LogP contribution < -0.4 is 14.4 Å². The molecule has 188 valence electrons. The summed E-state index contributed by atoms with van der Waals surface area (Å²) in [5.74, 6) is -0.440. The quantitative estimate of drug-likeness (QED) is 0.153. The van der Waals surface area contributed by atoms with Crippen molar-refractivity contribution in [2.24, 2.45) is 0 Å². The topological polar surface area (TPSA) is 89.0 Å². The number of ketones is 1. The molecule has 37 heavy (non-hydrogen) atoms. The van der Waals surface area contributed by atoms with E-state index in [4.69, 9.17) is 9.47 Å². The molecule has 0 radical (unpaired) electrons. The maximum Gasteiger partial charge on any atom is 0.301 e. The number of amides is 1. The molecule has 4 aromatic rings. The Bertz CT molecular complexity index is 1510. The van der Waals surface area contributed by atoms with Crippen LogP contribution in [-0.4, -0.2) is 35.5 Å². The first kappa shape index (κ1) is 25.0. The molecule has 5 rings (SSSR count). The molecule has 7 nitrogen and oxygen atoms in total. The van der Waals surface area contributed by atoms with Gasteiger partial charge in [-0.2, -0.15) is 0 Å². The number of aromatic nitrogens is 1. The third-order valence-electron chi connectivity index (χ3n) is 6.02. The van der Waals surface area contributed by atoms with Gasteiger partial charge >= 0.3 is 5.91 Å². The molecule has 1 aromatic heterocycles. The molecule has 0 bridgehead atoms. The summed E-state index contributed by atoms with van der Waals surface area (Å²) in [5, 5.41) is 11.7. The Balaban J connectivity index is 1.64. The maximum absolute atomic E-state index is 13.4. The van der Waals surface area contributed by atoms with Gasteiger partial charge in [0.1, 0.15) is 17.3 Å². The number of aliphatic hydroxyl groups is 1. The van der Waals surface area contributed by atoms with E-state index in [1.54, 1.807) is 37.4 Å². The van der Waals surface area contributed by atoms with Gasteiger partial charge in [0.2, 0.25) is 0 Å². The zero-order valence-electron chi connectivity index (χ0n) is 20.1. The lowest BCUT2D eigenvalue weighted by Crippen LogP contribution is -2.29. The highest BCUT2D eigenvalue weighted by Crippen LogP contribution is 2.44. The van der Waals surface area contributed by atoms with Crippen LogP contribution in [0.1, 0.15) is 30.5 Å². The minimum atomic E-state index is -0.855. The van der Waals surface area contributed by atoms with Crippen LogP contribution >= 0.6 is 27.3 Å². The SMILES string of the molecule is CCCOc1ccc(/C(O)=C2\C(=O)C(=O)N(c3nc4ccc(OC)cc4s3)C2c2ccc(Br)cc2)cc1. The van der Waals surface area contributed by atoms with E-state index in [9.17, 15) is 14.7 Å². The highest BCUT2D eigenvalue weighted by atomic mass is 79.9. The van der Waals surface area contributed by atoms with Crippen LogP contribution in [0.5, 0.6) is 11.5 Å². The molecule has 1 fully saturated rings. The summed E-state index contributed by atoms with van der Waals surface area (Å²) < 4.78 is 12.6. The molecular formula is C28H23BrN2O5S. The van der Waals surface area contributed by atoms with Gasteiger partial charge in [-0.1, -0.05) is 46.3 Å². The molecule has 1 atom stereocenters. The van der Waals surface area contributed by atoms with Crippen LogP contribution in [0.4, 0.5) is 5.13 Å². The largest absolute Gasteiger partial charge is 0.507 e. The summed E-state index contributed by atoms with van der Waals surface area (Å²) in [7, 11) is 1.58. The molecule has 9 heteroatoms. The first-order chi connectivity index (χ1) is 17.9. The number of fused-ring (bicyclic) bond motifs is 1. The van der Waals surface area contributed by atoms with Crippen LogP contribution in [0.2, 0.25) is 0 Å². The number of carbonyl (C=O) groups excluding carboxylic acids is 2. The van der Waals surface area contributed by atoms with Crippen LogP contribution in [0.3, 0.4) is 0 Å². The number of hydrogen-bond acceptors (Lipinski definition) is 7. The molecule has 1 saturated heterocycles. The highest BCUT2D eigenvalue weighted by molar-refractivity contribution is 9.10. The van der Waals surface area contributed by atoms with Crippen LogP contribution in [-0.2, 0) is 9.59 Å². The van der Waals surface area contributed by atoms with Crippen molar-refractivity contribution in [3.63, 3.8) is 0 Å². The number of halogens is 1. The number of ether oxygens (including phenoxy) is 2. The van der Waals surface area contributed by atoms with Gasteiger partial charge in [-0.15, -0.1) is 0 Å².